The maximum Gasteiger partial charge on any atom is 0.336 e. The third-order valence-electron chi connectivity index (χ3n) is 5.71. The van der Waals surface area contributed by atoms with Gasteiger partial charge >= 0.3 is 11.9 Å². The quantitative estimate of drug-likeness (QED) is 0.278. The van der Waals surface area contributed by atoms with Crippen LogP contribution in [0.25, 0.3) is 16.2 Å². The molecule has 188 valence electrons. The summed E-state index contributed by atoms with van der Waals surface area (Å²) in [5, 5.41) is 13.7. The predicted molar refractivity (Wildman–Crippen MR) is 130 cm³/mol. The number of nitrogens with zero attached hydrogens (tertiary/aromatic N) is 3. The standard InChI is InChI=1S/C24H23FN4O6S/c1-5-34-22(30)17-12(3)26-13(4)18(23(31)35-6-2)19(17)21-20(27-24-28(21)11-16(25)36-24)14-7-9-15(10-8-14)29(32)33/h7-11,19,26H,5-6H2,1-4H3. The van der Waals surface area contributed by atoms with Crippen LogP contribution in [-0.2, 0) is 19.1 Å². The highest BCUT2D eigenvalue weighted by Crippen LogP contribution is 2.44. The summed E-state index contributed by atoms with van der Waals surface area (Å²) in [6.45, 7) is 6.90. The van der Waals surface area contributed by atoms with Gasteiger partial charge < -0.3 is 14.8 Å². The molecule has 1 N–H and O–H groups in total. The van der Waals surface area contributed by atoms with Gasteiger partial charge in [0.1, 0.15) is 0 Å². The van der Waals surface area contributed by atoms with Gasteiger partial charge in [-0.15, -0.1) is 0 Å². The number of hydrogen-bond donors (Lipinski definition) is 1. The number of carbonyl (C=O) groups is 2. The number of benzene rings is 1. The number of rotatable bonds is 7. The predicted octanol–water partition coefficient (Wildman–Crippen LogP) is 4.47. The van der Waals surface area contributed by atoms with E-state index >= 15 is 0 Å². The summed E-state index contributed by atoms with van der Waals surface area (Å²) < 4.78 is 26.5. The molecule has 0 unspecified atom stereocenters. The van der Waals surface area contributed by atoms with Crippen LogP contribution in [0.4, 0.5) is 10.1 Å². The van der Waals surface area contributed by atoms with Gasteiger partial charge in [-0.25, -0.2) is 14.6 Å². The lowest BCUT2D eigenvalue weighted by molar-refractivity contribution is -0.384. The Morgan fingerprint density at radius 3 is 2.17 bits per heavy atom. The molecular weight excluding hydrogens is 491 g/mol. The third-order valence-corrected chi connectivity index (χ3v) is 6.48. The summed E-state index contributed by atoms with van der Waals surface area (Å²) in [5.41, 5.74) is 2.29. The molecule has 12 heteroatoms. The van der Waals surface area contributed by atoms with E-state index in [0.29, 0.717) is 28.3 Å². The van der Waals surface area contributed by atoms with Crippen molar-refractivity contribution in [2.45, 2.75) is 33.6 Å². The Hall–Kier alpha value is -4.06. The Labute approximate surface area is 209 Å². The van der Waals surface area contributed by atoms with E-state index in [9.17, 15) is 24.1 Å². The molecule has 36 heavy (non-hydrogen) atoms. The summed E-state index contributed by atoms with van der Waals surface area (Å²) in [6.07, 6.45) is 1.23. The third kappa shape index (κ3) is 4.35. The number of fused-ring (bicyclic) bond motifs is 1. The molecular formula is C24H23FN4O6S. The number of nitrogens with one attached hydrogen (secondary N) is 1. The van der Waals surface area contributed by atoms with Gasteiger partial charge in [0.15, 0.2) is 10.1 Å². The van der Waals surface area contributed by atoms with E-state index in [1.54, 1.807) is 27.7 Å². The number of thiazole rings is 1. The van der Waals surface area contributed by atoms with Crippen molar-refractivity contribution in [2.24, 2.45) is 0 Å². The van der Waals surface area contributed by atoms with Gasteiger partial charge in [-0.1, -0.05) is 11.3 Å². The molecule has 1 aliphatic rings. The maximum atomic E-state index is 14.3. The van der Waals surface area contributed by atoms with Crippen molar-refractivity contribution in [2.75, 3.05) is 13.2 Å². The minimum Gasteiger partial charge on any atom is -0.463 e. The molecule has 0 bridgehead atoms. The highest BCUT2D eigenvalue weighted by molar-refractivity contribution is 7.15. The summed E-state index contributed by atoms with van der Waals surface area (Å²) in [4.78, 5) is 41.9. The van der Waals surface area contributed by atoms with Crippen molar-refractivity contribution in [3.05, 3.63) is 73.9 Å². The Morgan fingerprint density at radius 2 is 1.67 bits per heavy atom. The first-order chi connectivity index (χ1) is 17.2. The Balaban J connectivity index is 2.04. The van der Waals surface area contributed by atoms with Gasteiger partial charge in [0.05, 0.1) is 52.8 Å². The molecule has 10 nitrogen and oxygen atoms in total. The lowest BCUT2D eigenvalue weighted by atomic mass is 9.81. The first-order valence-electron chi connectivity index (χ1n) is 11.1. The van der Waals surface area contributed by atoms with Gasteiger partial charge in [-0.05, 0) is 39.8 Å². The smallest absolute Gasteiger partial charge is 0.336 e. The SMILES string of the molecule is CCOC(=O)C1=C(C)NC(C)=C(C(=O)OCC)C1c1c(-c2ccc([N+](=O)[O-])cc2)nc2sc(F)cn12. The number of nitro groups is 1. The number of allylic oxidation sites excluding steroid dienone is 2. The fraction of sp³-hybridized carbons (Fsp3) is 0.292. The molecule has 0 atom stereocenters. The number of halogens is 1. The van der Waals surface area contributed by atoms with E-state index in [1.807, 2.05) is 0 Å². The molecule has 0 saturated heterocycles. The van der Waals surface area contributed by atoms with E-state index in [1.165, 1.54) is 34.9 Å². The van der Waals surface area contributed by atoms with E-state index in [2.05, 4.69) is 10.3 Å². The van der Waals surface area contributed by atoms with Gasteiger partial charge in [0.2, 0.25) is 0 Å². The lowest BCUT2D eigenvalue weighted by Gasteiger charge is -2.30. The molecule has 3 aromatic rings. The fourth-order valence-corrected chi connectivity index (χ4v) is 5.01. The number of non-ortho nitro benzene ring substituents is 1. The second-order valence-corrected chi connectivity index (χ2v) is 8.87. The molecule has 2 aromatic heterocycles. The Bertz CT molecular complexity index is 1400. The zero-order chi connectivity index (χ0) is 26.1. The number of ether oxygens (including phenoxy) is 2. The van der Waals surface area contributed by atoms with Crippen LogP contribution in [0.15, 0.2) is 53.0 Å². The van der Waals surface area contributed by atoms with Crippen molar-refractivity contribution in [3.63, 3.8) is 0 Å². The van der Waals surface area contributed by atoms with Crippen molar-refractivity contribution in [3.8, 4) is 11.3 Å². The average Bonchev–Trinajstić information content (AvgIpc) is 3.34. The van der Waals surface area contributed by atoms with Crippen molar-refractivity contribution >= 4 is 33.9 Å². The normalized spacial score (nSPS) is 14.2. The van der Waals surface area contributed by atoms with E-state index in [0.717, 1.165) is 11.3 Å². The molecule has 0 aliphatic carbocycles. The fourth-order valence-electron chi connectivity index (χ4n) is 4.29. The van der Waals surface area contributed by atoms with Crippen LogP contribution >= 0.6 is 11.3 Å². The van der Waals surface area contributed by atoms with E-state index in [4.69, 9.17) is 9.47 Å². The molecule has 1 aliphatic heterocycles. The van der Waals surface area contributed by atoms with Crippen LogP contribution in [0, 0.1) is 15.2 Å². The molecule has 0 spiro atoms. The van der Waals surface area contributed by atoms with Gasteiger partial charge in [-0.2, -0.15) is 4.39 Å². The summed E-state index contributed by atoms with van der Waals surface area (Å²) in [6, 6.07) is 5.70. The number of imidazole rings is 1. The van der Waals surface area contributed by atoms with Crippen LogP contribution in [-0.4, -0.2) is 39.5 Å². The molecule has 0 saturated carbocycles. The zero-order valence-corrected chi connectivity index (χ0v) is 20.8. The first kappa shape index (κ1) is 25.0. The molecule has 0 fully saturated rings. The van der Waals surface area contributed by atoms with Crippen LogP contribution in [0.2, 0.25) is 0 Å². The van der Waals surface area contributed by atoms with Gasteiger partial charge in [-0.3, -0.25) is 14.5 Å². The van der Waals surface area contributed by atoms with E-state index < -0.39 is 27.9 Å². The van der Waals surface area contributed by atoms with Crippen LogP contribution in [0.1, 0.15) is 39.3 Å². The largest absolute Gasteiger partial charge is 0.463 e. The van der Waals surface area contributed by atoms with E-state index in [-0.39, 0.29) is 35.0 Å². The van der Waals surface area contributed by atoms with Gasteiger partial charge in [0.25, 0.3) is 5.69 Å². The van der Waals surface area contributed by atoms with Crippen LogP contribution in [0.3, 0.4) is 0 Å². The number of nitro benzene ring substituents is 1. The molecule has 4 rings (SSSR count). The second-order valence-electron chi connectivity index (χ2n) is 7.91. The van der Waals surface area contributed by atoms with Gasteiger partial charge in [0, 0.05) is 29.1 Å². The number of esters is 2. The van der Waals surface area contributed by atoms with Crippen molar-refractivity contribution in [1.82, 2.24) is 14.7 Å². The highest BCUT2D eigenvalue weighted by Gasteiger charge is 2.41. The Kier molecular flexibility index (Phi) is 6.88. The van der Waals surface area contributed by atoms with Crippen molar-refractivity contribution in [1.29, 1.82) is 0 Å². The number of dihydropyridines is 1. The molecule has 1 aromatic carbocycles. The van der Waals surface area contributed by atoms with Crippen LogP contribution < -0.4 is 5.32 Å². The minimum atomic E-state index is -1.02. The Morgan fingerprint density at radius 1 is 1.11 bits per heavy atom. The lowest BCUT2D eigenvalue weighted by Crippen LogP contribution is -2.33. The topological polar surface area (TPSA) is 125 Å². The minimum absolute atomic E-state index is 0.101. The zero-order valence-electron chi connectivity index (χ0n) is 20.0. The number of hydrogen-bond acceptors (Lipinski definition) is 9. The molecule has 0 amide bonds. The monoisotopic (exact) mass is 514 g/mol. The summed E-state index contributed by atoms with van der Waals surface area (Å²) >= 11 is 0.792. The number of carbonyl (C=O) groups excluding carboxylic acids is 2. The summed E-state index contributed by atoms with van der Waals surface area (Å²) in [7, 11) is 0. The maximum absolute atomic E-state index is 14.3. The summed E-state index contributed by atoms with van der Waals surface area (Å²) in [5.74, 6) is -2.32. The molecule has 3 heterocycles. The molecule has 0 radical (unpaired) electrons. The average molecular weight is 515 g/mol. The van der Waals surface area contributed by atoms with Crippen LogP contribution in [0.5, 0.6) is 0 Å². The van der Waals surface area contributed by atoms with Crippen molar-refractivity contribution < 1.29 is 28.4 Å². The highest BCUT2D eigenvalue weighted by atomic mass is 32.1. The first-order valence-corrected chi connectivity index (χ1v) is 11.9. The number of aromatic nitrogens is 2. The second kappa shape index (κ2) is 9.90.